The van der Waals surface area contributed by atoms with Crippen molar-refractivity contribution in [3.63, 3.8) is 0 Å². The van der Waals surface area contributed by atoms with E-state index in [0.717, 1.165) is 12.1 Å². The average molecular weight is 684 g/mol. The van der Waals surface area contributed by atoms with Crippen molar-refractivity contribution in [2.75, 3.05) is 13.2 Å². The number of aromatic hydroxyl groups is 1. The SMILES string of the molecule is CC(C)(CCC(C)(C)OC(=O)CO)OC(=O)CO.O=C(Cl)c1cc(O)cc(C(=O)Cl)c1.O=C(Cl)c1cccc(C(=O)Cl)c1. The number of esters is 2. The molecule has 2 aromatic rings. The highest BCUT2D eigenvalue weighted by Crippen LogP contribution is 2.25. The number of phenols is 1. The van der Waals surface area contributed by atoms with Gasteiger partial charge in [0.2, 0.25) is 0 Å². The Hall–Kier alpha value is -3.06. The van der Waals surface area contributed by atoms with Crippen LogP contribution in [0.2, 0.25) is 0 Å². The van der Waals surface area contributed by atoms with Gasteiger partial charge in [0.25, 0.3) is 21.0 Å². The zero-order valence-corrected chi connectivity index (χ0v) is 26.5. The summed E-state index contributed by atoms with van der Waals surface area (Å²) in [5, 5.41) is 23.6. The van der Waals surface area contributed by atoms with Crippen LogP contribution in [0.5, 0.6) is 5.75 Å². The molecular formula is C28H30Cl4O11. The summed E-state index contributed by atoms with van der Waals surface area (Å²) >= 11 is 20.7. The Labute approximate surface area is 267 Å². The van der Waals surface area contributed by atoms with Gasteiger partial charge in [-0.3, -0.25) is 19.2 Å². The Bertz CT molecular complexity index is 1230. The summed E-state index contributed by atoms with van der Waals surface area (Å²) in [6.45, 7) is 5.53. The highest BCUT2D eigenvalue weighted by molar-refractivity contribution is 6.69. The Morgan fingerprint density at radius 1 is 0.605 bits per heavy atom. The lowest BCUT2D eigenvalue weighted by Crippen LogP contribution is -2.35. The molecule has 0 bridgehead atoms. The van der Waals surface area contributed by atoms with Crippen molar-refractivity contribution < 1.29 is 53.6 Å². The number of halogens is 4. The van der Waals surface area contributed by atoms with Gasteiger partial charge in [-0.15, -0.1) is 0 Å². The van der Waals surface area contributed by atoms with E-state index >= 15 is 0 Å². The van der Waals surface area contributed by atoms with Gasteiger partial charge in [-0.05, 0) is 111 Å². The quantitative estimate of drug-likeness (QED) is 0.214. The van der Waals surface area contributed by atoms with Crippen molar-refractivity contribution in [1.29, 1.82) is 0 Å². The standard InChI is InChI=1S/C12H22O6.C8H4Cl2O3.C8H4Cl2O2/c1-11(2,17-9(15)7-13)5-6-12(3,4)18-10(16)8-14;9-7(12)4-1-5(8(10)13)3-6(11)2-4;9-7(11)5-2-1-3-6(4-5)8(10)12/h13-14H,5-8H2,1-4H3;1-3,11H;1-4H. The first kappa shape index (κ1) is 39.9. The molecule has 43 heavy (non-hydrogen) atoms. The minimum atomic E-state index is -0.755. The van der Waals surface area contributed by atoms with Crippen molar-refractivity contribution in [3.05, 3.63) is 64.7 Å². The van der Waals surface area contributed by atoms with Crippen LogP contribution in [0.1, 0.15) is 82.0 Å². The summed E-state index contributed by atoms with van der Waals surface area (Å²) < 4.78 is 10.1. The maximum absolute atomic E-state index is 11.0. The molecule has 236 valence electrons. The Kier molecular flexibility index (Phi) is 17.2. The number of benzene rings is 2. The molecule has 15 heteroatoms. The van der Waals surface area contributed by atoms with Gasteiger partial charge in [-0.25, -0.2) is 9.59 Å². The molecule has 0 aliphatic carbocycles. The van der Waals surface area contributed by atoms with E-state index in [2.05, 4.69) is 0 Å². The fraction of sp³-hybridized carbons (Fsp3) is 0.357. The number of aliphatic hydroxyl groups is 2. The van der Waals surface area contributed by atoms with Crippen molar-refractivity contribution >= 4 is 79.3 Å². The lowest BCUT2D eigenvalue weighted by Gasteiger charge is -2.30. The van der Waals surface area contributed by atoms with Gasteiger partial charge >= 0.3 is 11.9 Å². The van der Waals surface area contributed by atoms with Crippen LogP contribution in [-0.2, 0) is 19.1 Å². The molecule has 0 atom stereocenters. The third kappa shape index (κ3) is 17.0. The number of phenolic OH excluding ortho intramolecular Hbond substituents is 1. The van der Waals surface area contributed by atoms with Crippen molar-refractivity contribution in [1.82, 2.24) is 0 Å². The minimum absolute atomic E-state index is 0.0330. The summed E-state index contributed by atoms with van der Waals surface area (Å²) in [6, 6.07) is 9.44. The lowest BCUT2D eigenvalue weighted by molar-refractivity contribution is -0.167. The predicted molar refractivity (Wildman–Crippen MR) is 159 cm³/mol. The van der Waals surface area contributed by atoms with Crippen LogP contribution in [0, 0.1) is 0 Å². The molecule has 0 saturated heterocycles. The van der Waals surface area contributed by atoms with E-state index in [4.69, 9.17) is 71.2 Å². The Balaban J connectivity index is 0.000000630. The molecule has 11 nitrogen and oxygen atoms in total. The van der Waals surface area contributed by atoms with Gasteiger partial charge < -0.3 is 24.8 Å². The van der Waals surface area contributed by atoms with Gasteiger partial charge in [-0.1, -0.05) is 18.2 Å². The van der Waals surface area contributed by atoms with Gasteiger partial charge in [-0.2, -0.15) is 0 Å². The highest BCUT2D eigenvalue weighted by Gasteiger charge is 2.29. The second kappa shape index (κ2) is 18.6. The number of carbonyl (C=O) groups is 6. The van der Waals surface area contributed by atoms with Gasteiger partial charge in [0.15, 0.2) is 0 Å². The van der Waals surface area contributed by atoms with Gasteiger partial charge in [0.1, 0.15) is 30.2 Å². The van der Waals surface area contributed by atoms with Crippen LogP contribution in [0.15, 0.2) is 42.5 Å². The van der Waals surface area contributed by atoms with Crippen LogP contribution < -0.4 is 0 Å². The average Bonchev–Trinajstić information content (AvgIpc) is 2.91. The van der Waals surface area contributed by atoms with Crippen LogP contribution in [0.25, 0.3) is 0 Å². The number of carbonyl (C=O) groups excluding carboxylic acids is 6. The summed E-state index contributed by atoms with van der Waals surface area (Å²) in [5.41, 5.74) is -0.895. The zero-order valence-electron chi connectivity index (χ0n) is 23.5. The molecule has 3 N–H and O–H groups in total. The molecule has 0 spiro atoms. The monoisotopic (exact) mass is 682 g/mol. The number of rotatable bonds is 11. The van der Waals surface area contributed by atoms with Crippen LogP contribution in [0.3, 0.4) is 0 Å². The highest BCUT2D eigenvalue weighted by atomic mass is 35.5. The first-order valence-electron chi connectivity index (χ1n) is 12.1. The zero-order chi connectivity index (χ0) is 33.5. The number of hydrogen-bond acceptors (Lipinski definition) is 11. The topological polar surface area (TPSA) is 182 Å². The van der Waals surface area contributed by atoms with E-state index in [1.807, 2.05) is 0 Å². The van der Waals surface area contributed by atoms with Crippen molar-refractivity contribution in [2.45, 2.75) is 51.7 Å². The van der Waals surface area contributed by atoms with Gasteiger partial charge in [0, 0.05) is 22.3 Å². The van der Waals surface area contributed by atoms with E-state index in [-0.39, 0.29) is 28.0 Å². The van der Waals surface area contributed by atoms with E-state index < -0.39 is 57.3 Å². The smallest absolute Gasteiger partial charge is 0.332 e. The van der Waals surface area contributed by atoms with Crippen LogP contribution in [-0.4, -0.2) is 72.6 Å². The van der Waals surface area contributed by atoms with E-state index in [1.165, 1.54) is 24.3 Å². The minimum Gasteiger partial charge on any atom is -0.508 e. The Morgan fingerprint density at radius 2 is 0.907 bits per heavy atom. The fourth-order valence-corrected chi connectivity index (χ4v) is 3.44. The molecular weight excluding hydrogens is 654 g/mol. The molecule has 0 heterocycles. The van der Waals surface area contributed by atoms with Crippen molar-refractivity contribution in [2.24, 2.45) is 0 Å². The maximum atomic E-state index is 11.0. The molecule has 0 saturated carbocycles. The molecule has 0 radical (unpaired) electrons. The molecule has 2 rings (SSSR count). The molecule has 0 aliphatic rings. The second-order valence-electron chi connectivity index (χ2n) is 9.73. The third-order valence-corrected chi connectivity index (χ3v) is 5.93. The number of ether oxygens (including phenoxy) is 2. The molecule has 0 unspecified atom stereocenters. The molecule has 0 amide bonds. The summed E-state index contributed by atoms with van der Waals surface area (Å²) in [5.74, 6) is -1.61. The number of hydrogen-bond donors (Lipinski definition) is 3. The molecule has 0 fully saturated rings. The summed E-state index contributed by atoms with van der Waals surface area (Å²) in [6.07, 6.45) is 0.925. The predicted octanol–water partition coefficient (Wildman–Crippen LogP) is 4.99. The largest absolute Gasteiger partial charge is 0.508 e. The van der Waals surface area contributed by atoms with E-state index in [0.29, 0.717) is 12.8 Å². The fourth-order valence-electron chi connectivity index (χ4n) is 2.99. The first-order valence-corrected chi connectivity index (χ1v) is 13.6. The first-order chi connectivity index (χ1) is 19.7. The maximum Gasteiger partial charge on any atom is 0.332 e. The lowest BCUT2D eigenvalue weighted by atomic mass is 9.94. The molecule has 2 aromatic carbocycles. The Morgan fingerprint density at radius 3 is 1.19 bits per heavy atom. The normalized spacial score (nSPS) is 10.7. The third-order valence-electron chi connectivity index (χ3n) is 5.06. The van der Waals surface area contributed by atoms with Gasteiger partial charge in [0.05, 0.1) is 0 Å². The second-order valence-corrected chi connectivity index (χ2v) is 11.1. The van der Waals surface area contributed by atoms with E-state index in [1.54, 1.807) is 33.8 Å². The summed E-state index contributed by atoms with van der Waals surface area (Å²) in [7, 11) is 0. The van der Waals surface area contributed by atoms with Crippen LogP contribution >= 0.6 is 46.4 Å². The molecule has 0 aromatic heterocycles. The number of aliphatic hydroxyl groups excluding tert-OH is 2. The summed E-state index contributed by atoms with van der Waals surface area (Å²) in [4.78, 5) is 64.6. The van der Waals surface area contributed by atoms with E-state index in [9.17, 15) is 28.8 Å². The van der Waals surface area contributed by atoms with Crippen molar-refractivity contribution in [3.8, 4) is 5.75 Å². The molecule has 0 aliphatic heterocycles. The van der Waals surface area contributed by atoms with Crippen LogP contribution in [0.4, 0.5) is 0 Å².